The van der Waals surface area contributed by atoms with Crippen LogP contribution in [0.3, 0.4) is 0 Å². The van der Waals surface area contributed by atoms with Crippen molar-refractivity contribution in [1.29, 1.82) is 0 Å². The van der Waals surface area contributed by atoms with Crippen molar-refractivity contribution in [1.82, 2.24) is 7.06 Å². The molecular formula is C4H6I2N2O3. The summed E-state index contributed by atoms with van der Waals surface area (Å²) in [4.78, 5) is 21.0. The Labute approximate surface area is 91.6 Å². The summed E-state index contributed by atoms with van der Waals surface area (Å²) >= 11 is 3.40. The third-order valence-electron chi connectivity index (χ3n) is 0.677. The molecule has 0 aromatic rings. The molecule has 0 spiro atoms. The third-order valence-corrected chi connectivity index (χ3v) is 1.88. The van der Waals surface area contributed by atoms with Crippen molar-refractivity contribution < 1.29 is 14.3 Å². The van der Waals surface area contributed by atoms with E-state index in [4.69, 9.17) is 4.74 Å². The molecule has 0 saturated heterocycles. The van der Waals surface area contributed by atoms with Crippen LogP contribution in [0.25, 0.3) is 0 Å². The van der Waals surface area contributed by atoms with Crippen molar-refractivity contribution in [2.45, 2.75) is 0 Å². The largest absolute Gasteiger partial charge is 0.362 e. The summed E-state index contributed by atoms with van der Waals surface area (Å²) in [5, 5.41) is 0. The third kappa shape index (κ3) is 6.75. The fraction of sp³-hybridized carbons (Fsp3) is 0.500. The number of carbonyl (C=O) groups is 2. The van der Waals surface area contributed by atoms with Gasteiger partial charge in [-0.3, -0.25) is 16.6 Å². The number of halogens is 2. The van der Waals surface area contributed by atoms with Crippen LogP contribution >= 0.6 is 45.7 Å². The predicted octanol–water partition coefficient (Wildman–Crippen LogP) is -0.0646. The van der Waals surface area contributed by atoms with E-state index < -0.39 is 0 Å². The van der Waals surface area contributed by atoms with E-state index in [2.05, 4.69) is 7.06 Å². The molecule has 64 valence electrons. The van der Waals surface area contributed by atoms with Crippen LogP contribution in [0.5, 0.6) is 0 Å². The summed E-state index contributed by atoms with van der Waals surface area (Å²) < 4.78 is 9.36. The fourth-order valence-corrected chi connectivity index (χ4v) is 0.602. The van der Waals surface area contributed by atoms with Gasteiger partial charge in [0.15, 0.2) is 0 Å². The first-order chi connectivity index (χ1) is 5.20. The normalized spacial score (nSPS) is 8.91. The minimum atomic E-state index is -0.258. The number of nitrogens with one attached hydrogen (secondary N) is 2. The molecule has 0 fully saturated rings. The van der Waals surface area contributed by atoms with Gasteiger partial charge in [0.2, 0.25) is 0 Å². The Hall–Kier alpha value is 0.360. The van der Waals surface area contributed by atoms with Crippen molar-refractivity contribution in [3.63, 3.8) is 0 Å². The second-order valence-electron chi connectivity index (χ2n) is 1.53. The lowest BCUT2D eigenvalue weighted by Crippen LogP contribution is -2.24. The molecule has 2 amide bonds. The van der Waals surface area contributed by atoms with Crippen LogP contribution in [0, 0.1) is 0 Å². The second kappa shape index (κ2) is 7.03. The van der Waals surface area contributed by atoms with Crippen molar-refractivity contribution in [3.8, 4) is 0 Å². The van der Waals surface area contributed by atoms with E-state index in [9.17, 15) is 9.59 Å². The van der Waals surface area contributed by atoms with E-state index >= 15 is 0 Å². The number of ether oxygens (including phenoxy) is 1. The second-order valence-corrected chi connectivity index (χ2v) is 2.61. The minimum Gasteiger partial charge on any atom is -0.362 e. The van der Waals surface area contributed by atoms with Gasteiger partial charge in [0, 0.05) is 0 Å². The van der Waals surface area contributed by atoms with Gasteiger partial charge in [0.25, 0.3) is 11.8 Å². The molecule has 0 aromatic carbocycles. The van der Waals surface area contributed by atoms with Crippen molar-refractivity contribution in [2.75, 3.05) is 13.2 Å². The molecule has 0 bridgehead atoms. The highest BCUT2D eigenvalue weighted by Gasteiger charge is 2.01. The molecule has 0 aliphatic heterocycles. The fourth-order valence-electron chi connectivity index (χ4n) is 0.291. The minimum absolute atomic E-state index is 0.0903. The zero-order valence-electron chi connectivity index (χ0n) is 5.39. The monoisotopic (exact) mass is 384 g/mol. The Morgan fingerprint density at radius 2 is 1.45 bits per heavy atom. The summed E-state index contributed by atoms with van der Waals surface area (Å²) in [6.45, 7) is -0.181. The number of amides is 2. The summed E-state index contributed by atoms with van der Waals surface area (Å²) in [5.74, 6) is -0.515. The van der Waals surface area contributed by atoms with Crippen molar-refractivity contribution in [2.24, 2.45) is 0 Å². The van der Waals surface area contributed by atoms with Gasteiger partial charge in [-0.05, 0) is 0 Å². The Morgan fingerprint density at radius 3 is 1.73 bits per heavy atom. The van der Waals surface area contributed by atoms with Crippen LogP contribution < -0.4 is 7.06 Å². The lowest BCUT2D eigenvalue weighted by molar-refractivity contribution is -0.128. The van der Waals surface area contributed by atoms with Gasteiger partial charge in [0.1, 0.15) is 13.2 Å². The molecule has 7 heteroatoms. The number of rotatable bonds is 4. The summed E-state index contributed by atoms with van der Waals surface area (Å²) in [6, 6.07) is 0. The maximum Gasteiger partial charge on any atom is 0.254 e. The molecule has 2 N–H and O–H groups in total. The molecule has 0 atom stereocenters. The van der Waals surface area contributed by atoms with E-state index in [0.717, 1.165) is 0 Å². The lowest BCUT2D eigenvalue weighted by atomic mass is 10.6. The zero-order valence-corrected chi connectivity index (χ0v) is 9.71. The van der Waals surface area contributed by atoms with E-state index in [-0.39, 0.29) is 25.0 Å². The average Bonchev–Trinajstić information content (AvgIpc) is 2.04. The Morgan fingerprint density at radius 1 is 1.09 bits per heavy atom. The Balaban J connectivity index is 3.27. The van der Waals surface area contributed by atoms with Gasteiger partial charge >= 0.3 is 0 Å². The van der Waals surface area contributed by atoms with Crippen molar-refractivity contribution >= 4 is 57.5 Å². The molecule has 0 aliphatic carbocycles. The number of hydrogen-bond acceptors (Lipinski definition) is 3. The van der Waals surface area contributed by atoms with E-state index in [1.54, 1.807) is 45.7 Å². The van der Waals surface area contributed by atoms with Crippen LogP contribution in [-0.2, 0) is 14.3 Å². The molecule has 5 nitrogen and oxygen atoms in total. The first kappa shape index (κ1) is 11.4. The predicted molar refractivity (Wildman–Crippen MR) is 55.1 cm³/mol. The number of carbonyl (C=O) groups excluding carboxylic acids is 2. The zero-order chi connectivity index (χ0) is 8.69. The van der Waals surface area contributed by atoms with Gasteiger partial charge in [0.05, 0.1) is 45.7 Å². The first-order valence-corrected chi connectivity index (χ1v) is 4.73. The van der Waals surface area contributed by atoms with Crippen LogP contribution in [0.1, 0.15) is 0 Å². The topological polar surface area (TPSA) is 67.4 Å². The Bertz CT molecular complexity index is 136. The average molecular weight is 384 g/mol. The molecule has 0 aromatic heterocycles. The SMILES string of the molecule is O=C(COCC(=O)NI)NI. The van der Waals surface area contributed by atoms with E-state index in [0.29, 0.717) is 0 Å². The highest BCUT2D eigenvalue weighted by molar-refractivity contribution is 14.1. The lowest BCUT2D eigenvalue weighted by Gasteiger charge is -1.99. The van der Waals surface area contributed by atoms with Crippen LogP contribution in [0.2, 0.25) is 0 Å². The standard InChI is InChI=1S/C4H6I2N2O3/c5-7-3(9)1-11-2-4(10)8-6/h1-2H2,(H,7,9)(H,8,10). The van der Waals surface area contributed by atoms with E-state index in [1.165, 1.54) is 0 Å². The van der Waals surface area contributed by atoms with Crippen molar-refractivity contribution in [3.05, 3.63) is 0 Å². The molecule has 0 aliphatic rings. The highest BCUT2D eigenvalue weighted by Crippen LogP contribution is 1.80. The molecular weight excluding hydrogens is 378 g/mol. The summed E-state index contributed by atoms with van der Waals surface area (Å²) in [5.41, 5.74) is 0. The van der Waals surface area contributed by atoms with Crippen LogP contribution in [-0.4, -0.2) is 25.0 Å². The van der Waals surface area contributed by atoms with Gasteiger partial charge in [-0.25, -0.2) is 0 Å². The molecule has 0 unspecified atom stereocenters. The summed E-state index contributed by atoms with van der Waals surface area (Å²) in [6.07, 6.45) is 0. The van der Waals surface area contributed by atoms with Crippen LogP contribution in [0.15, 0.2) is 0 Å². The maximum absolute atomic E-state index is 10.5. The molecule has 0 saturated carbocycles. The quantitative estimate of drug-likeness (QED) is 0.528. The van der Waals surface area contributed by atoms with Gasteiger partial charge in [-0.15, -0.1) is 0 Å². The molecule has 0 radical (unpaired) electrons. The highest BCUT2D eigenvalue weighted by atomic mass is 127. The van der Waals surface area contributed by atoms with Crippen LogP contribution in [0.4, 0.5) is 0 Å². The van der Waals surface area contributed by atoms with Gasteiger partial charge < -0.3 is 4.74 Å². The van der Waals surface area contributed by atoms with Gasteiger partial charge in [-0.2, -0.15) is 0 Å². The molecule has 0 rings (SSSR count). The first-order valence-electron chi connectivity index (χ1n) is 2.57. The Kier molecular flexibility index (Phi) is 7.26. The smallest absolute Gasteiger partial charge is 0.254 e. The maximum atomic E-state index is 10.5. The number of hydrogen-bond donors (Lipinski definition) is 2. The van der Waals surface area contributed by atoms with Gasteiger partial charge in [-0.1, -0.05) is 0 Å². The molecule has 11 heavy (non-hydrogen) atoms. The summed E-state index contributed by atoms with van der Waals surface area (Å²) in [7, 11) is 0. The van der Waals surface area contributed by atoms with E-state index in [1.807, 2.05) is 0 Å². The molecule has 0 heterocycles.